The fraction of sp³-hybridized carbons (Fsp3) is 0.217. The molecule has 2 aromatic heterocycles. The zero-order valence-electron chi connectivity index (χ0n) is 18.3. The largest absolute Gasteiger partial charge is 0.497 e. The van der Waals surface area contributed by atoms with Crippen molar-refractivity contribution in [3.05, 3.63) is 82.3 Å². The molecule has 1 aromatic carbocycles. The van der Waals surface area contributed by atoms with Gasteiger partial charge in [-0.2, -0.15) is 13.2 Å². The third-order valence-electron chi connectivity index (χ3n) is 5.60. The number of nitrogens with one attached hydrogen (secondary N) is 1. The average Bonchev–Trinajstić information content (AvgIpc) is 3.14. The average molecular weight is 527 g/mol. The number of carbonyl (C=O) groups is 2. The van der Waals surface area contributed by atoms with E-state index in [1.54, 1.807) is 0 Å². The van der Waals surface area contributed by atoms with Crippen molar-refractivity contribution >= 4 is 29.2 Å². The molecule has 4 rings (SSSR count). The molecule has 0 saturated carbocycles. The minimum atomic E-state index is -4.87. The number of anilines is 1. The second kappa shape index (κ2) is 9.69. The molecule has 2 atom stereocenters. The van der Waals surface area contributed by atoms with E-state index in [0.717, 1.165) is 36.7 Å². The van der Waals surface area contributed by atoms with Gasteiger partial charge in [0, 0.05) is 42.6 Å². The standard InChI is InChI=1S/C23H16ClF5N4O3/c1-36-12-7-15(25)18(16(26)8-12)13-10-33(20-14(23(27,28)29)3-2-6-30-20)22(35)19(13)32-21(34)11-4-5-17(24)31-9-11/h2-9,13,19H,10H2,1H3,(H,32,34)/t13-,19-/m0/s1. The number of ether oxygens (including phenoxy) is 1. The van der Waals surface area contributed by atoms with Gasteiger partial charge in [-0.3, -0.25) is 14.5 Å². The van der Waals surface area contributed by atoms with Gasteiger partial charge in [-0.25, -0.2) is 18.7 Å². The summed E-state index contributed by atoms with van der Waals surface area (Å²) in [6, 6.07) is 4.48. The first kappa shape index (κ1) is 25.3. The van der Waals surface area contributed by atoms with Crippen molar-refractivity contribution < 1.29 is 36.3 Å². The lowest BCUT2D eigenvalue weighted by Gasteiger charge is -2.20. The highest BCUT2D eigenvalue weighted by atomic mass is 35.5. The van der Waals surface area contributed by atoms with E-state index in [1.807, 2.05) is 0 Å². The third kappa shape index (κ3) is 4.81. The van der Waals surface area contributed by atoms with Crippen LogP contribution in [0, 0.1) is 11.6 Å². The summed E-state index contributed by atoms with van der Waals surface area (Å²) >= 11 is 5.72. The predicted octanol–water partition coefficient (Wildman–Crippen LogP) is 4.36. The summed E-state index contributed by atoms with van der Waals surface area (Å²) in [5.74, 6) is -6.39. The van der Waals surface area contributed by atoms with E-state index in [1.165, 1.54) is 19.2 Å². The fourth-order valence-corrected chi connectivity index (χ4v) is 4.06. The summed E-state index contributed by atoms with van der Waals surface area (Å²) in [5.41, 5.74) is -1.86. The smallest absolute Gasteiger partial charge is 0.419 e. The third-order valence-corrected chi connectivity index (χ3v) is 5.82. The summed E-state index contributed by atoms with van der Waals surface area (Å²) in [6.45, 7) is -0.594. The van der Waals surface area contributed by atoms with E-state index in [0.29, 0.717) is 4.90 Å². The fourth-order valence-electron chi connectivity index (χ4n) is 3.94. The van der Waals surface area contributed by atoms with Crippen LogP contribution < -0.4 is 15.0 Å². The second-order valence-electron chi connectivity index (χ2n) is 7.75. The van der Waals surface area contributed by atoms with E-state index in [9.17, 15) is 31.5 Å². The minimum absolute atomic E-state index is 0.0334. The predicted molar refractivity (Wildman–Crippen MR) is 118 cm³/mol. The number of hydrogen-bond acceptors (Lipinski definition) is 5. The van der Waals surface area contributed by atoms with Gasteiger partial charge in [-0.15, -0.1) is 0 Å². The molecule has 1 aliphatic heterocycles. The maximum absolute atomic E-state index is 15.0. The lowest BCUT2D eigenvalue weighted by atomic mass is 9.92. The number of alkyl halides is 3. The van der Waals surface area contributed by atoms with Crippen molar-refractivity contribution in [3.63, 3.8) is 0 Å². The Morgan fingerprint density at radius 3 is 2.44 bits per heavy atom. The molecule has 1 aliphatic rings. The van der Waals surface area contributed by atoms with Gasteiger partial charge in [0.15, 0.2) is 0 Å². The van der Waals surface area contributed by atoms with E-state index >= 15 is 0 Å². The molecule has 1 fully saturated rings. The van der Waals surface area contributed by atoms with E-state index < -0.39 is 65.1 Å². The lowest BCUT2D eigenvalue weighted by molar-refractivity contribution is -0.137. The van der Waals surface area contributed by atoms with Crippen molar-refractivity contribution in [3.8, 4) is 5.75 Å². The van der Waals surface area contributed by atoms with Gasteiger partial charge in [0.05, 0.1) is 18.2 Å². The first-order chi connectivity index (χ1) is 17.0. The summed E-state index contributed by atoms with van der Waals surface area (Å²) in [4.78, 5) is 34.3. The number of nitrogens with zero attached hydrogens (tertiary/aromatic N) is 3. The van der Waals surface area contributed by atoms with Gasteiger partial charge < -0.3 is 10.1 Å². The van der Waals surface area contributed by atoms with Crippen molar-refractivity contribution in [1.82, 2.24) is 15.3 Å². The van der Waals surface area contributed by atoms with Gasteiger partial charge >= 0.3 is 6.18 Å². The molecule has 13 heteroatoms. The molecule has 0 aliphatic carbocycles. The Hall–Kier alpha value is -3.80. The second-order valence-corrected chi connectivity index (χ2v) is 8.14. The zero-order valence-corrected chi connectivity index (χ0v) is 19.1. The molecule has 7 nitrogen and oxygen atoms in total. The molecule has 0 bridgehead atoms. The normalized spacial score (nSPS) is 17.9. The van der Waals surface area contributed by atoms with Gasteiger partial charge in [-0.1, -0.05) is 11.6 Å². The number of methoxy groups -OCH3 is 1. The quantitative estimate of drug-likeness (QED) is 0.394. The molecular weight excluding hydrogens is 511 g/mol. The van der Waals surface area contributed by atoms with Crippen LogP contribution >= 0.6 is 11.6 Å². The van der Waals surface area contributed by atoms with Crippen molar-refractivity contribution in [2.75, 3.05) is 18.6 Å². The highest BCUT2D eigenvalue weighted by molar-refractivity contribution is 6.29. The number of aromatic nitrogens is 2. The Labute approximate surface area is 205 Å². The van der Waals surface area contributed by atoms with Crippen LogP contribution in [-0.4, -0.2) is 41.5 Å². The maximum Gasteiger partial charge on any atom is 0.419 e. The zero-order chi connectivity index (χ0) is 26.2. The Morgan fingerprint density at radius 1 is 1.17 bits per heavy atom. The topological polar surface area (TPSA) is 84.4 Å². The number of halogens is 6. The van der Waals surface area contributed by atoms with Gasteiger partial charge in [0.25, 0.3) is 11.8 Å². The molecule has 3 heterocycles. The lowest BCUT2D eigenvalue weighted by Crippen LogP contribution is -2.44. The first-order valence-corrected chi connectivity index (χ1v) is 10.7. The van der Waals surface area contributed by atoms with Crippen LogP contribution in [0.4, 0.5) is 27.8 Å². The van der Waals surface area contributed by atoms with Crippen LogP contribution in [0.15, 0.2) is 48.8 Å². The summed E-state index contributed by atoms with van der Waals surface area (Å²) in [6.07, 6.45) is -2.71. The molecule has 1 saturated heterocycles. The monoisotopic (exact) mass is 526 g/mol. The van der Waals surface area contributed by atoms with Crippen LogP contribution in [0.5, 0.6) is 5.75 Å². The van der Waals surface area contributed by atoms with Gasteiger partial charge in [0.1, 0.15) is 34.4 Å². The summed E-state index contributed by atoms with van der Waals surface area (Å²) in [5, 5.41) is 2.45. The van der Waals surface area contributed by atoms with Crippen molar-refractivity contribution in [1.29, 1.82) is 0 Å². The summed E-state index contributed by atoms with van der Waals surface area (Å²) < 4.78 is 75.6. The number of carbonyl (C=O) groups excluding carboxylic acids is 2. The number of rotatable bonds is 5. The highest BCUT2D eigenvalue weighted by Gasteiger charge is 2.48. The SMILES string of the molecule is COc1cc(F)c([C@@H]2CN(c3ncccc3C(F)(F)F)C(=O)[C@H]2NC(=O)c2ccc(Cl)nc2)c(F)c1. The van der Waals surface area contributed by atoms with E-state index in [2.05, 4.69) is 15.3 Å². The molecule has 36 heavy (non-hydrogen) atoms. The van der Waals surface area contributed by atoms with Crippen LogP contribution in [0.1, 0.15) is 27.4 Å². The Balaban J connectivity index is 1.79. The first-order valence-electron chi connectivity index (χ1n) is 10.3. The van der Waals surface area contributed by atoms with Crippen molar-refractivity contribution in [2.45, 2.75) is 18.1 Å². The number of benzene rings is 1. The molecule has 0 radical (unpaired) electrons. The van der Waals surface area contributed by atoms with Crippen molar-refractivity contribution in [2.24, 2.45) is 0 Å². The Morgan fingerprint density at radius 2 is 1.86 bits per heavy atom. The molecule has 3 aromatic rings. The highest BCUT2D eigenvalue weighted by Crippen LogP contribution is 2.40. The Bertz CT molecular complexity index is 1300. The number of pyridine rings is 2. The van der Waals surface area contributed by atoms with E-state index in [4.69, 9.17) is 16.3 Å². The molecular formula is C23H16ClF5N4O3. The molecule has 0 spiro atoms. The van der Waals surface area contributed by atoms with Crippen LogP contribution in [-0.2, 0) is 11.0 Å². The molecule has 1 N–H and O–H groups in total. The Kier molecular flexibility index (Phi) is 6.81. The molecule has 188 valence electrons. The van der Waals surface area contributed by atoms with Crippen LogP contribution in [0.25, 0.3) is 0 Å². The van der Waals surface area contributed by atoms with E-state index in [-0.39, 0.29) is 16.5 Å². The number of hydrogen-bond donors (Lipinski definition) is 1. The van der Waals surface area contributed by atoms with Crippen LogP contribution in [0.2, 0.25) is 5.15 Å². The van der Waals surface area contributed by atoms with Crippen LogP contribution in [0.3, 0.4) is 0 Å². The maximum atomic E-state index is 15.0. The number of amides is 2. The van der Waals surface area contributed by atoms with Gasteiger partial charge in [-0.05, 0) is 24.3 Å². The van der Waals surface area contributed by atoms with Gasteiger partial charge in [0.2, 0.25) is 0 Å². The summed E-state index contributed by atoms with van der Waals surface area (Å²) in [7, 11) is 1.19. The molecule has 2 amide bonds. The molecule has 0 unspecified atom stereocenters. The minimum Gasteiger partial charge on any atom is -0.497 e.